The van der Waals surface area contributed by atoms with E-state index in [0.29, 0.717) is 25.1 Å². The molecular formula is C15H21NO4. The van der Waals surface area contributed by atoms with Gasteiger partial charge in [-0.2, -0.15) is 0 Å². The summed E-state index contributed by atoms with van der Waals surface area (Å²) in [5.41, 5.74) is 0.982. The highest BCUT2D eigenvalue weighted by Crippen LogP contribution is 2.15. The molecule has 0 saturated carbocycles. The van der Waals surface area contributed by atoms with E-state index in [1.807, 2.05) is 31.2 Å². The third-order valence-electron chi connectivity index (χ3n) is 3.01. The molecule has 1 aromatic rings. The Hall–Kier alpha value is -2.04. The second-order valence-corrected chi connectivity index (χ2v) is 4.79. The van der Waals surface area contributed by atoms with Crippen LogP contribution in [0.1, 0.15) is 25.3 Å². The van der Waals surface area contributed by atoms with Gasteiger partial charge in [0.1, 0.15) is 5.75 Å². The van der Waals surface area contributed by atoms with Crippen LogP contribution < -0.4 is 10.1 Å². The van der Waals surface area contributed by atoms with Crippen LogP contribution in [0.2, 0.25) is 0 Å². The number of benzene rings is 1. The molecule has 0 aliphatic heterocycles. The highest BCUT2D eigenvalue weighted by atomic mass is 16.5. The first kappa shape index (κ1) is 16.0. The Morgan fingerprint density at radius 1 is 1.35 bits per heavy atom. The van der Waals surface area contributed by atoms with Crippen molar-refractivity contribution in [3.8, 4) is 5.75 Å². The Balaban J connectivity index is 2.18. The quantitative estimate of drug-likeness (QED) is 0.714. The van der Waals surface area contributed by atoms with Crippen molar-refractivity contribution in [3.05, 3.63) is 29.8 Å². The molecule has 0 aliphatic rings. The van der Waals surface area contributed by atoms with Crippen molar-refractivity contribution >= 4 is 11.9 Å². The number of aryl methyl sites for hydroxylation is 1. The van der Waals surface area contributed by atoms with E-state index in [2.05, 4.69) is 5.32 Å². The lowest BCUT2D eigenvalue weighted by Crippen LogP contribution is -2.30. The number of carbonyl (C=O) groups excluding carboxylic acids is 1. The number of carbonyl (C=O) groups is 2. The SMILES string of the molecule is Cc1ccccc1OCC(=O)NCCCC(C)C(=O)O. The van der Waals surface area contributed by atoms with Gasteiger partial charge in [0.05, 0.1) is 5.92 Å². The first-order valence-electron chi connectivity index (χ1n) is 6.68. The average molecular weight is 279 g/mol. The van der Waals surface area contributed by atoms with Gasteiger partial charge in [0, 0.05) is 6.54 Å². The van der Waals surface area contributed by atoms with Gasteiger partial charge in [-0.1, -0.05) is 25.1 Å². The maximum absolute atomic E-state index is 11.6. The van der Waals surface area contributed by atoms with E-state index in [1.54, 1.807) is 6.92 Å². The lowest BCUT2D eigenvalue weighted by atomic mass is 10.1. The third-order valence-corrected chi connectivity index (χ3v) is 3.01. The Kier molecular flexibility index (Phi) is 6.56. The molecule has 5 heteroatoms. The van der Waals surface area contributed by atoms with Gasteiger partial charge in [-0.05, 0) is 31.4 Å². The fourth-order valence-electron chi connectivity index (χ4n) is 1.67. The van der Waals surface area contributed by atoms with E-state index in [-0.39, 0.29) is 18.4 Å². The fraction of sp³-hybridized carbons (Fsp3) is 0.467. The van der Waals surface area contributed by atoms with Gasteiger partial charge in [0.15, 0.2) is 6.61 Å². The zero-order chi connectivity index (χ0) is 15.0. The van der Waals surface area contributed by atoms with E-state index in [4.69, 9.17) is 9.84 Å². The van der Waals surface area contributed by atoms with Gasteiger partial charge in [-0.15, -0.1) is 0 Å². The molecule has 1 atom stereocenters. The van der Waals surface area contributed by atoms with E-state index in [0.717, 1.165) is 5.56 Å². The molecule has 0 spiro atoms. The van der Waals surface area contributed by atoms with Crippen LogP contribution in [-0.2, 0) is 9.59 Å². The van der Waals surface area contributed by atoms with Gasteiger partial charge in [0.2, 0.25) is 0 Å². The van der Waals surface area contributed by atoms with Crippen molar-refractivity contribution in [1.82, 2.24) is 5.32 Å². The van der Waals surface area contributed by atoms with Gasteiger partial charge < -0.3 is 15.2 Å². The van der Waals surface area contributed by atoms with Crippen LogP contribution in [-0.4, -0.2) is 30.1 Å². The number of carboxylic acid groups (broad SMARTS) is 1. The first-order chi connectivity index (χ1) is 9.50. The summed E-state index contributed by atoms with van der Waals surface area (Å²) in [6.45, 7) is 4.01. The molecule has 0 bridgehead atoms. The molecule has 1 amide bonds. The van der Waals surface area contributed by atoms with Crippen LogP contribution >= 0.6 is 0 Å². The fourth-order valence-corrected chi connectivity index (χ4v) is 1.67. The molecule has 2 N–H and O–H groups in total. The topological polar surface area (TPSA) is 75.6 Å². The minimum Gasteiger partial charge on any atom is -0.484 e. The van der Waals surface area contributed by atoms with Crippen LogP contribution in [0.25, 0.3) is 0 Å². The number of nitrogens with one attached hydrogen (secondary N) is 1. The second kappa shape index (κ2) is 8.19. The third kappa shape index (κ3) is 5.73. The van der Waals surface area contributed by atoms with Gasteiger partial charge >= 0.3 is 5.97 Å². The predicted octanol–water partition coefficient (Wildman–Crippen LogP) is 1.99. The van der Waals surface area contributed by atoms with Crippen molar-refractivity contribution in [2.24, 2.45) is 5.92 Å². The van der Waals surface area contributed by atoms with Crippen LogP contribution in [0.5, 0.6) is 5.75 Å². The molecule has 1 unspecified atom stereocenters. The highest BCUT2D eigenvalue weighted by Gasteiger charge is 2.10. The van der Waals surface area contributed by atoms with E-state index < -0.39 is 5.97 Å². The maximum Gasteiger partial charge on any atom is 0.306 e. The number of para-hydroxylation sites is 1. The van der Waals surface area contributed by atoms with Crippen molar-refractivity contribution in [3.63, 3.8) is 0 Å². The molecular weight excluding hydrogens is 258 g/mol. The predicted molar refractivity (Wildman–Crippen MR) is 75.7 cm³/mol. The van der Waals surface area contributed by atoms with Gasteiger partial charge in [-0.3, -0.25) is 9.59 Å². The summed E-state index contributed by atoms with van der Waals surface area (Å²) in [6.07, 6.45) is 1.19. The molecule has 0 radical (unpaired) electrons. The standard InChI is InChI=1S/C15H21NO4/c1-11-6-3-4-8-13(11)20-10-14(17)16-9-5-7-12(2)15(18)19/h3-4,6,8,12H,5,7,9-10H2,1-2H3,(H,16,17)(H,18,19). The Morgan fingerprint density at radius 3 is 2.70 bits per heavy atom. The van der Waals surface area contributed by atoms with Gasteiger partial charge in [0.25, 0.3) is 5.91 Å². The van der Waals surface area contributed by atoms with Crippen molar-refractivity contribution in [1.29, 1.82) is 0 Å². The maximum atomic E-state index is 11.6. The Morgan fingerprint density at radius 2 is 2.05 bits per heavy atom. The molecule has 0 aliphatic carbocycles. The van der Waals surface area contributed by atoms with Crippen molar-refractivity contribution in [2.45, 2.75) is 26.7 Å². The Bertz CT molecular complexity index is 459. The summed E-state index contributed by atoms with van der Waals surface area (Å²) in [4.78, 5) is 22.2. The van der Waals surface area contributed by atoms with Crippen LogP contribution in [0.3, 0.4) is 0 Å². The summed E-state index contributed by atoms with van der Waals surface area (Å²) >= 11 is 0. The van der Waals surface area contributed by atoms with Gasteiger partial charge in [-0.25, -0.2) is 0 Å². The lowest BCUT2D eigenvalue weighted by Gasteiger charge is -2.10. The zero-order valence-corrected chi connectivity index (χ0v) is 11.9. The summed E-state index contributed by atoms with van der Waals surface area (Å²) in [6, 6.07) is 7.50. The monoisotopic (exact) mass is 279 g/mol. The molecule has 110 valence electrons. The summed E-state index contributed by atoms with van der Waals surface area (Å²) < 4.78 is 5.41. The molecule has 0 heterocycles. The average Bonchev–Trinajstić information content (AvgIpc) is 2.42. The number of aliphatic carboxylic acids is 1. The smallest absolute Gasteiger partial charge is 0.306 e. The minimum absolute atomic E-state index is 0.0284. The molecule has 0 aromatic heterocycles. The highest BCUT2D eigenvalue weighted by molar-refractivity contribution is 5.77. The molecule has 0 fully saturated rings. The molecule has 0 saturated heterocycles. The van der Waals surface area contributed by atoms with Crippen LogP contribution in [0, 0.1) is 12.8 Å². The van der Waals surface area contributed by atoms with E-state index >= 15 is 0 Å². The largest absolute Gasteiger partial charge is 0.484 e. The number of carboxylic acids is 1. The lowest BCUT2D eigenvalue weighted by molar-refractivity contribution is -0.141. The molecule has 5 nitrogen and oxygen atoms in total. The molecule has 1 rings (SSSR count). The van der Waals surface area contributed by atoms with Crippen molar-refractivity contribution < 1.29 is 19.4 Å². The Labute approximate surface area is 118 Å². The first-order valence-corrected chi connectivity index (χ1v) is 6.68. The van der Waals surface area contributed by atoms with E-state index in [1.165, 1.54) is 0 Å². The summed E-state index contributed by atoms with van der Waals surface area (Å²) in [7, 11) is 0. The number of amides is 1. The summed E-state index contributed by atoms with van der Waals surface area (Å²) in [5, 5.41) is 11.4. The number of hydrogen-bond acceptors (Lipinski definition) is 3. The summed E-state index contributed by atoms with van der Waals surface area (Å²) in [5.74, 6) is -0.687. The number of ether oxygens (including phenoxy) is 1. The number of hydrogen-bond donors (Lipinski definition) is 2. The molecule has 1 aromatic carbocycles. The van der Waals surface area contributed by atoms with Crippen LogP contribution in [0.15, 0.2) is 24.3 Å². The number of rotatable bonds is 8. The zero-order valence-electron chi connectivity index (χ0n) is 11.9. The normalized spacial score (nSPS) is 11.7. The van der Waals surface area contributed by atoms with E-state index in [9.17, 15) is 9.59 Å². The van der Waals surface area contributed by atoms with Crippen LogP contribution in [0.4, 0.5) is 0 Å². The second-order valence-electron chi connectivity index (χ2n) is 4.79. The van der Waals surface area contributed by atoms with Crippen molar-refractivity contribution in [2.75, 3.05) is 13.2 Å². The minimum atomic E-state index is -0.806. The molecule has 20 heavy (non-hydrogen) atoms.